The maximum Gasteiger partial charge on any atom is 0.416 e. The average Bonchev–Trinajstić information content (AvgIpc) is 2.47. The third-order valence-electron chi connectivity index (χ3n) is 4.70. The molecular weight excluding hydrogens is 275 g/mol. The number of benzene rings is 1. The van der Waals surface area contributed by atoms with Gasteiger partial charge in [0.2, 0.25) is 0 Å². The maximum absolute atomic E-state index is 12.8. The molecule has 1 aliphatic rings. The molecule has 0 radical (unpaired) electrons. The first kappa shape index (κ1) is 16.3. The maximum atomic E-state index is 12.8. The summed E-state index contributed by atoms with van der Waals surface area (Å²) in [5, 5.41) is 0. The summed E-state index contributed by atoms with van der Waals surface area (Å²) in [5.41, 5.74) is 6.25. The predicted octanol–water partition coefficient (Wildman–Crippen LogP) is 5.31. The Morgan fingerprint density at radius 2 is 1.86 bits per heavy atom. The van der Waals surface area contributed by atoms with Gasteiger partial charge in [0.15, 0.2) is 0 Å². The SMILES string of the molecule is CCCC1CCC(C(N)c2cccc(C(F)(F)F)c2)CC1. The van der Waals surface area contributed by atoms with Crippen molar-refractivity contribution in [3.63, 3.8) is 0 Å². The fourth-order valence-corrected chi connectivity index (χ4v) is 3.44. The number of hydrogen-bond acceptors (Lipinski definition) is 1. The van der Waals surface area contributed by atoms with Crippen LogP contribution in [0.1, 0.15) is 62.6 Å². The van der Waals surface area contributed by atoms with Gasteiger partial charge in [-0.15, -0.1) is 0 Å². The molecule has 1 saturated carbocycles. The van der Waals surface area contributed by atoms with E-state index in [-0.39, 0.29) is 6.04 Å². The molecule has 0 saturated heterocycles. The Bertz CT molecular complexity index is 448. The second-order valence-electron chi connectivity index (χ2n) is 6.22. The second-order valence-corrected chi connectivity index (χ2v) is 6.22. The number of alkyl halides is 3. The van der Waals surface area contributed by atoms with Crippen molar-refractivity contribution in [1.29, 1.82) is 0 Å². The molecule has 0 aliphatic heterocycles. The minimum atomic E-state index is -4.30. The van der Waals surface area contributed by atoms with Crippen LogP contribution < -0.4 is 5.73 Å². The number of halogens is 3. The Balaban J connectivity index is 2.02. The van der Waals surface area contributed by atoms with Crippen LogP contribution in [0.4, 0.5) is 13.2 Å². The fourth-order valence-electron chi connectivity index (χ4n) is 3.44. The predicted molar refractivity (Wildman–Crippen MR) is 78.7 cm³/mol. The first-order chi connectivity index (χ1) is 9.91. The van der Waals surface area contributed by atoms with E-state index < -0.39 is 11.7 Å². The normalized spacial score (nSPS) is 24.8. The van der Waals surface area contributed by atoms with Crippen LogP contribution in [0.2, 0.25) is 0 Å². The highest BCUT2D eigenvalue weighted by molar-refractivity contribution is 5.28. The molecule has 1 aliphatic carbocycles. The molecule has 2 N–H and O–H groups in total. The Morgan fingerprint density at radius 1 is 1.19 bits per heavy atom. The zero-order valence-corrected chi connectivity index (χ0v) is 12.5. The lowest BCUT2D eigenvalue weighted by Crippen LogP contribution is -2.26. The van der Waals surface area contributed by atoms with Gasteiger partial charge in [-0.1, -0.05) is 44.7 Å². The average molecular weight is 299 g/mol. The zero-order valence-electron chi connectivity index (χ0n) is 12.5. The third kappa shape index (κ3) is 4.22. The van der Waals surface area contributed by atoms with Crippen molar-refractivity contribution in [3.05, 3.63) is 35.4 Å². The van der Waals surface area contributed by atoms with E-state index in [1.54, 1.807) is 6.07 Å². The van der Waals surface area contributed by atoms with Crippen LogP contribution in [0.3, 0.4) is 0 Å². The topological polar surface area (TPSA) is 26.0 Å². The smallest absolute Gasteiger partial charge is 0.324 e. The monoisotopic (exact) mass is 299 g/mol. The van der Waals surface area contributed by atoms with Gasteiger partial charge in [0, 0.05) is 6.04 Å². The van der Waals surface area contributed by atoms with Gasteiger partial charge in [-0.05, 0) is 42.4 Å². The zero-order chi connectivity index (χ0) is 15.5. The molecular formula is C17H24F3N. The first-order valence-electron chi connectivity index (χ1n) is 7.84. The van der Waals surface area contributed by atoms with Crippen LogP contribution in [-0.2, 0) is 6.18 Å². The van der Waals surface area contributed by atoms with Crippen LogP contribution in [-0.4, -0.2) is 0 Å². The lowest BCUT2D eigenvalue weighted by molar-refractivity contribution is -0.137. The summed E-state index contributed by atoms with van der Waals surface area (Å²) >= 11 is 0. The molecule has 118 valence electrons. The third-order valence-corrected chi connectivity index (χ3v) is 4.70. The van der Waals surface area contributed by atoms with Gasteiger partial charge in [0.05, 0.1) is 5.56 Å². The van der Waals surface area contributed by atoms with Crippen molar-refractivity contribution in [2.24, 2.45) is 17.6 Å². The van der Waals surface area contributed by atoms with E-state index in [1.807, 2.05) is 0 Å². The van der Waals surface area contributed by atoms with Gasteiger partial charge < -0.3 is 5.73 Å². The van der Waals surface area contributed by atoms with E-state index in [9.17, 15) is 13.2 Å². The summed E-state index contributed by atoms with van der Waals surface area (Å²) in [6, 6.07) is 5.21. The lowest BCUT2D eigenvalue weighted by atomic mass is 9.75. The molecule has 4 heteroatoms. The molecule has 2 rings (SSSR count). The first-order valence-corrected chi connectivity index (χ1v) is 7.84. The van der Waals surface area contributed by atoms with Crippen molar-refractivity contribution in [2.45, 2.75) is 57.7 Å². The Kier molecular flexibility index (Phi) is 5.31. The molecule has 1 atom stereocenters. The highest BCUT2D eigenvalue weighted by atomic mass is 19.4. The van der Waals surface area contributed by atoms with E-state index in [4.69, 9.17) is 5.73 Å². The lowest BCUT2D eigenvalue weighted by Gasteiger charge is -2.32. The summed E-state index contributed by atoms with van der Waals surface area (Å²) in [5.74, 6) is 1.08. The molecule has 0 spiro atoms. The van der Waals surface area contributed by atoms with Crippen LogP contribution >= 0.6 is 0 Å². The molecule has 1 aromatic carbocycles. The summed E-state index contributed by atoms with van der Waals surface area (Å²) in [7, 11) is 0. The largest absolute Gasteiger partial charge is 0.416 e. The number of hydrogen-bond donors (Lipinski definition) is 1. The molecule has 21 heavy (non-hydrogen) atoms. The van der Waals surface area contributed by atoms with E-state index >= 15 is 0 Å². The standard InChI is InChI=1S/C17H24F3N/c1-2-4-12-7-9-13(10-8-12)16(21)14-5-3-6-15(11-14)17(18,19)20/h3,5-6,11-13,16H,2,4,7-10,21H2,1H3. The van der Waals surface area contributed by atoms with Gasteiger partial charge in [-0.3, -0.25) is 0 Å². The van der Waals surface area contributed by atoms with Crippen LogP contribution in [0, 0.1) is 11.8 Å². The summed E-state index contributed by atoms with van der Waals surface area (Å²) in [6.07, 6.45) is 2.54. The van der Waals surface area contributed by atoms with Gasteiger partial charge in [-0.2, -0.15) is 13.2 Å². The molecule has 0 bridgehead atoms. The van der Waals surface area contributed by atoms with E-state index in [2.05, 4.69) is 6.92 Å². The van der Waals surface area contributed by atoms with Crippen molar-refractivity contribution < 1.29 is 13.2 Å². The Hall–Kier alpha value is -1.03. The highest BCUT2D eigenvalue weighted by Gasteiger charge is 2.32. The van der Waals surface area contributed by atoms with Crippen LogP contribution in [0.25, 0.3) is 0 Å². The highest BCUT2D eigenvalue weighted by Crippen LogP contribution is 2.38. The quantitative estimate of drug-likeness (QED) is 0.801. The van der Waals surface area contributed by atoms with Gasteiger partial charge >= 0.3 is 6.18 Å². The van der Waals surface area contributed by atoms with Crippen molar-refractivity contribution >= 4 is 0 Å². The van der Waals surface area contributed by atoms with E-state index in [1.165, 1.54) is 25.0 Å². The number of rotatable bonds is 4. The summed E-state index contributed by atoms with van der Waals surface area (Å²) in [4.78, 5) is 0. The van der Waals surface area contributed by atoms with Crippen molar-refractivity contribution in [1.82, 2.24) is 0 Å². The summed E-state index contributed by atoms with van der Waals surface area (Å²) in [6.45, 7) is 2.19. The van der Waals surface area contributed by atoms with E-state index in [0.717, 1.165) is 37.7 Å². The molecule has 0 amide bonds. The molecule has 1 aromatic rings. The molecule has 1 nitrogen and oxygen atoms in total. The minimum Gasteiger partial charge on any atom is -0.324 e. The van der Waals surface area contributed by atoms with Gasteiger partial charge in [0.25, 0.3) is 0 Å². The minimum absolute atomic E-state index is 0.283. The molecule has 0 aromatic heterocycles. The van der Waals surface area contributed by atoms with Gasteiger partial charge in [0.1, 0.15) is 0 Å². The van der Waals surface area contributed by atoms with Gasteiger partial charge in [-0.25, -0.2) is 0 Å². The number of nitrogens with two attached hydrogens (primary N) is 1. The van der Waals surface area contributed by atoms with Crippen molar-refractivity contribution in [3.8, 4) is 0 Å². The second kappa shape index (κ2) is 6.82. The summed E-state index contributed by atoms with van der Waals surface area (Å²) < 4.78 is 38.3. The molecule has 1 fully saturated rings. The van der Waals surface area contributed by atoms with Crippen LogP contribution in [0.15, 0.2) is 24.3 Å². The Morgan fingerprint density at radius 3 is 2.43 bits per heavy atom. The molecule has 0 heterocycles. The van der Waals surface area contributed by atoms with Crippen LogP contribution in [0.5, 0.6) is 0 Å². The Labute approximate surface area is 124 Å². The van der Waals surface area contributed by atoms with E-state index in [0.29, 0.717) is 11.5 Å². The van der Waals surface area contributed by atoms with Crippen molar-refractivity contribution in [2.75, 3.05) is 0 Å². The molecule has 1 unspecified atom stereocenters. The fraction of sp³-hybridized carbons (Fsp3) is 0.647.